The Balaban J connectivity index is 1.58. The average Bonchev–Trinajstić information content (AvgIpc) is 3.37. The van der Waals surface area contributed by atoms with Gasteiger partial charge < -0.3 is 9.51 Å². The van der Waals surface area contributed by atoms with Crippen LogP contribution in [0, 0.1) is 6.92 Å². The Morgan fingerprint density at radius 1 is 1.22 bits per heavy atom. The van der Waals surface area contributed by atoms with Gasteiger partial charge in [0.15, 0.2) is 5.16 Å². The summed E-state index contributed by atoms with van der Waals surface area (Å²) in [6, 6.07) is 6.56. The van der Waals surface area contributed by atoms with E-state index in [1.807, 2.05) is 19.9 Å². The van der Waals surface area contributed by atoms with Gasteiger partial charge in [0.1, 0.15) is 5.52 Å². The molecule has 0 atom stereocenters. The van der Waals surface area contributed by atoms with Gasteiger partial charge in [-0.05, 0) is 31.5 Å². The topological polar surface area (TPSA) is 89.6 Å². The maximum Gasteiger partial charge on any atom is 0.416 e. The highest BCUT2D eigenvalue weighted by Gasteiger charge is 2.30. The zero-order valence-electron chi connectivity index (χ0n) is 17.4. The molecule has 0 aliphatic heterocycles. The van der Waals surface area contributed by atoms with Crippen molar-refractivity contribution >= 4 is 22.8 Å². The molecule has 0 unspecified atom stereocenters. The molecule has 4 aromatic rings. The first-order valence-electron chi connectivity index (χ1n) is 9.99. The lowest BCUT2D eigenvalue weighted by molar-refractivity contribution is -0.137. The quantitative estimate of drug-likeness (QED) is 0.300. The monoisotopic (exact) mass is 463 g/mol. The lowest BCUT2D eigenvalue weighted by Crippen LogP contribution is -2.23. The number of nitrogens with zero attached hydrogens (tertiary/aromatic N) is 4. The van der Waals surface area contributed by atoms with Crippen LogP contribution in [0.5, 0.6) is 0 Å². The molecule has 0 spiro atoms. The summed E-state index contributed by atoms with van der Waals surface area (Å²) in [6.45, 7) is 4.42. The van der Waals surface area contributed by atoms with E-state index < -0.39 is 11.7 Å². The Morgan fingerprint density at radius 3 is 2.78 bits per heavy atom. The molecule has 0 aliphatic rings. The van der Waals surface area contributed by atoms with Crippen LogP contribution in [0.25, 0.3) is 22.4 Å². The van der Waals surface area contributed by atoms with Crippen molar-refractivity contribution in [3.63, 3.8) is 0 Å². The number of fused-ring (bicyclic) bond motifs is 1. The van der Waals surface area contributed by atoms with Crippen molar-refractivity contribution in [1.82, 2.24) is 24.7 Å². The smallest absolute Gasteiger partial charge is 0.353 e. The number of H-pyrrole nitrogens is 1. The first-order valence-corrected chi connectivity index (χ1v) is 11.0. The summed E-state index contributed by atoms with van der Waals surface area (Å²) < 4.78 is 45.7. The largest absolute Gasteiger partial charge is 0.416 e. The van der Waals surface area contributed by atoms with Crippen LogP contribution in [0.15, 0.2) is 44.8 Å². The van der Waals surface area contributed by atoms with Gasteiger partial charge in [-0.1, -0.05) is 42.4 Å². The summed E-state index contributed by atoms with van der Waals surface area (Å²) in [5, 5.41) is 4.33. The highest BCUT2D eigenvalue weighted by atomic mass is 32.2. The molecule has 7 nitrogen and oxygen atoms in total. The van der Waals surface area contributed by atoms with Crippen LogP contribution in [0.3, 0.4) is 0 Å². The summed E-state index contributed by atoms with van der Waals surface area (Å²) in [6.07, 6.45) is -2.72. The van der Waals surface area contributed by atoms with E-state index in [9.17, 15) is 18.0 Å². The second-order valence-corrected chi connectivity index (χ2v) is 8.24. The van der Waals surface area contributed by atoms with Gasteiger partial charge in [-0.3, -0.25) is 9.36 Å². The molecule has 0 saturated carbocycles. The summed E-state index contributed by atoms with van der Waals surface area (Å²) in [5.41, 5.74) is 1.17. The van der Waals surface area contributed by atoms with Crippen LogP contribution in [0.4, 0.5) is 13.2 Å². The third-order valence-electron chi connectivity index (χ3n) is 4.81. The lowest BCUT2D eigenvalue weighted by Gasteiger charge is -2.10. The number of aromatic nitrogens is 5. The maximum absolute atomic E-state index is 13.0. The van der Waals surface area contributed by atoms with Gasteiger partial charge >= 0.3 is 6.18 Å². The highest BCUT2D eigenvalue weighted by Crippen LogP contribution is 2.31. The SMILES string of the molecule is CCCCn1c(SCc2nc(-c3cccc(C(F)(F)F)c3)no2)nc2cc(C)[nH]c2c1=O. The fourth-order valence-corrected chi connectivity index (χ4v) is 4.09. The number of halogens is 3. The third-order valence-corrected chi connectivity index (χ3v) is 5.77. The predicted molar refractivity (Wildman–Crippen MR) is 114 cm³/mol. The Bertz CT molecular complexity index is 1310. The minimum atomic E-state index is -4.46. The number of hydrogen-bond donors (Lipinski definition) is 1. The van der Waals surface area contributed by atoms with Gasteiger partial charge in [0.05, 0.1) is 16.8 Å². The van der Waals surface area contributed by atoms with Gasteiger partial charge in [0.25, 0.3) is 5.56 Å². The van der Waals surface area contributed by atoms with E-state index in [0.717, 1.165) is 30.7 Å². The zero-order chi connectivity index (χ0) is 22.9. The van der Waals surface area contributed by atoms with Crippen molar-refractivity contribution in [3.05, 3.63) is 57.8 Å². The molecule has 168 valence electrons. The predicted octanol–water partition coefficient (Wildman–Crippen LogP) is 5.19. The highest BCUT2D eigenvalue weighted by molar-refractivity contribution is 7.98. The van der Waals surface area contributed by atoms with Crippen LogP contribution in [-0.4, -0.2) is 24.7 Å². The van der Waals surface area contributed by atoms with Crippen molar-refractivity contribution in [2.75, 3.05) is 0 Å². The number of thioether (sulfide) groups is 1. The molecule has 1 N–H and O–H groups in total. The molecule has 0 saturated heterocycles. The van der Waals surface area contributed by atoms with Crippen molar-refractivity contribution < 1.29 is 17.7 Å². The van der Waals surface area contributed by atoms with E-state index in [2.05, 4.69) is 20.1 Å². The van der Waals surface area contributed by atoms with E-state index in [4.69, 9.17) is 4.52 Å². The van der Waals surface area contributed by atoms with E-state index in [1.54, 1.807) is 4.57 Å². The number of aryl methyl sites for hydroxylation is 1. The summed E-state index contributed by atoms with van der Waals surface area (Å²) in [5.74, 6) is 0.517. The minimum Gasteiger partial charge on any atom is -0.353 e. The third kappa shape index (κ3) is 4.57. The molecule has 11 heteroatoms. The van der Waals surface area contributed by atoms with E-state index in [0.29, 0.717) is 22.7 Å². The number of unbranched alkanes of at least 4 members (excludes halogenated alkanes) is 1. The first kappa shape index (κ1) is 22.1. The zero-order valence-corrected chi connectivity index (χ0v) is 18.2. The fourth-order valence-electron chi connectivity index (χ4n) is 3.23. The minimum absolute atomic E-state index is 0.0692. The van der Waals surface area contributed by atoms with Gasteiger partial charge in [-0.25, -0.2) is 4.98 Å². The van der Waals surface area contributed by atoms with Gasteiger partial charge in [-0.15, -0.1) is 0 Å². The fraction of sp³-hybridized carbons (Fsp3) is 0.333. The summed E-state index contributed by atoms with van der Waals surface area (Å²) >= 11 is 1.27. The van der Waals surface area contributed by atoms with Crippen LogP contribution in [0.1, 0.15) is 36.9 Å². The molecule has 0 aliphatic carbocycles. The van der Waals surface area contributed by atoms with Crippen LogP contribution in [-0.2, 0) is 18.5 Å². The van der Waals surface area contributed by atoms with Crippen LogP contribution < -0.4 is 5.56 Å². The van der Waals surface area contributed by atoms with E-state index in [-0.39, 0.29) is 28.6 Å². The molecule has 0 amide bonds. The molecule has 1 aromatic carbocycles. The molecule has 32 heavy (non-hydrogen) atoms. The van der Waals surface area contributed by atoms with Crippen molar-refractivity contribution in [3.8, 4) is 11.4 Å². The Kier molecular flexibility index (Phi) is 6.09. The Morgan fingerprint density at radius 2 is 2.03 bits per heavy atom. The first-order chi connectivity index (χ1) is 15.3. The van der Waals surface area contributed by atoms with E-state index >= 15 is 0 Å². The molecule has 0 fully saturated rings. The lowest BCUT2D eigenvalue weighted by atomic mass is 10.1. The number of rotatable bonds is 7. The number of aromatic amines is 1. The number of hydrogen-bond acceptors (Lipinski definition) is 6. The molecular weight excluding hydrogens is 443 g/mol. The van der Waals surface area contributed by atoms with Crippen molar-refractivity contribution in [2.45, 2.75) is 50.3 Å². The number of nitrogens with one attached hydrogen (secondary N) is 1. The molecule has 0 bridgehead atoms. The molecule has 3 heterocycles. The van der Waals surface area contributed by atoms with Gasteiger partial charge in [0, 0.05) is 17.8 Å². The Hall–Kier alpha value is -3.08. The van der Waals surface area contributed by atoms with E-state index in [1.165, 1.54) is 23.9 Å². The van der Waals surface area contributed by atoms with Gasteiger partial charge in [0.2, 0.25) is 11.7 Å². The van der Waals surface area contributed by atoms with Crippen LogP contribution in [0.2, 0.25) is 0 Å². The average molecular weight is 463 g/mol. The molecular formula is C21H20F3N5O2S. The second-order valence-electron chi connectivity index (χ2n) is 7.30. The summed E-state index contributed by atoms with van der Waals surface area (Å²) in [4.78, 5) is 24.8. The molecule has 4 rings (SSSR count). The second kappa shape index (κ2) is 8.81. The van der Waals surface area contributed by atoms with Gasteiger partial charge in [-0.2, -0.15) is 18.2 Å². The van der Waals surface area contributed by atoms with Crippen molar-refractivity contribution in [2.24, 2.45) is 0 Å². The Labute approximate surface area is 185 Å². The molecule has 0 radical (unpaired) electrons. The van der Waals surface area contributed by atoms with Crippen molar-refractivity contribution in [1.29, 1.82) is 0 Å². The van der Waals surface area contributed by atoms with Crippen LogP contribution >= 0.6 is 11.8 Å². The number of alkyl halides is 3. The summed E-state index contributed by atoms with van der Waals surface area (Å²) in [7, 11) is 0. The standard InChI is InChI=1S/C21H20F3N5O2S/c1-3-4-8-29-19(30)17-15(9-12(2)25-17)26-20(29)32-11-16-27-18(28-31-16)13-6-5-7-14(10-13)21(22,23)24/h5-7,9-10,25H,3-4,8,11H2,1-2H3. The normalized spacial score (nSPS) is 12.0. The number of benzene rings is 1. The maximum atomic E-state index is 13.0. The molecule has 3 aromatic heterocycles.